The molecule has 0 heterocycles. The molecule has 2 aliphatic carbocycles. The van der Waals surface area contributed by atoms with E-state index in [9.17, 15) is 0 Å². The number of rotatable bonds is 7. The lowest BCUT2D eigenvalue weighted by Gasteiger charge is -2.31. The average Bonchev–Trinajstić information content (AvgIpc) is 3.45. The average molecular weight is 668 g/mol. The Labute approximate surface area is 307 Å². The van der Waals surface area contributed by atoms with E-state index >= 15 is 0 Å². The third-order valence-electron chi connectivity index (χ3n) is 11.2. The van der Waals surface area contributed by atoms with Crippen LogP contribution in [0.15, 0.2) is 200 Å². The monoisotopic (exact) mass is 667 g/mol. The molecule has 0 bridgehead atoms. The molecule has 0 amide bonds. The Hall–Kier alpha value is -6.18. The van der Waals surface area contributed by atoms with Crippen LogP contribution < -0.4 is 4.90 Å². The highest BCUT2D eigenvalue weighted by Crippen LogP contribution is 2.54. The molecule has 2 atom stereocenters. The second kappa shape index (κ2) is 13.2. The van der Waals surface area contributed by atoms with E-state index in [2.05, 4.69) is 219 Å². The molecule has 7 aromatic carbocycles. The lowest BCUT2D eigenvalue weighted by Crippen LogP contribution is -2.25. The Bertz CT molecular complexity index is 2380. The lowest BCUT2D eigenvalue weighted by molar-refractivity contribution is 0.395. The number of hydrogen-bond donors (Lipinski definition) is 0. The van der Waals surface area contributed by atoms with Gasteiger partial charge in [-0.05, 0) is 103 Å². The third kappa shape index (κ3) is 5.79. The Morgan fingerprint density at radius 1 is 0.404 bits per heavy atom. The molecule has 0 N–H and O–H groups in total. The van der Waals surface area contributed by atoms with Crippen LogP contribution in [0.3, 0.4) is 0 Å². The predicted molar refractivity (Wildman–Crippen MR) is 220 cm³/mol. The van der Waals surface area contributed by atoms with Crippen molar-refractivity contribution >= 4 is 22.6 Å². The van der Waals surface area contributed by atoms with Crippen molar-refractivity contribution in [1.29, 1.82) is 0 Å². The van der Waals surface area contributed by atoms with Gasteiger partial charge in [0, 0.05) is 23.0 Å². The first-order chi connectivity index (χ1) is 25.5. The van der Waals surface area contributed by atoms with Gasteiger partial charge in [-0.1, -0.05) is 178 Å². The van der Waals surface area contributed by atoms with Gasteiger partial charge in [-0.3, -0.25) is 0 Å². The van der Waals surface area contributed by atoms with E-state index in [0.717, 1.165) is 17.1 Å². The Balaban J connectivity index is 1.03. The summed E-state index contributed by atoms with van der Waals surface area (Å²) in [5, 5.41) is 0. The van der Waals surface area contributed by atoms with Gasteiger partial charge in [0.05, 0.1) is 0 Å². The summed E-state index contributed by atoms with van der Waals surface area (Å²) in [6.45, 7) is 4.80. The molecule has 0 aromatic heterocycles. The molecule has 0 spiro atoms. The molecule has 52 heavy (non-hydrogen) atoms. The summed E-state index contributed by atoms with van der Waals surface area (Å²) in [5.41, 5.74) is 16.3. The van der Waals surface area contributed by atoms with Crippen LogP contribution in [0.25, 0.3) is 39.0 Å². The number of allylic oxidation sites excluding steroid dienone is 4. The highest BCUT2D eigenvalue weighted by molar-refractivity contribution is 5.83. The van der Waals surface area contributed by atoms with Gasteiger partial charge in [-0.2, -0.15) is 0 Å². The minimum atomic E-state index is 0.0933. The lowest BCUT2D eigenvalue weighted by atomic mass is 9.73. The summed E-state index contributed by atoms with van der Waals surface area (Å²) in [7, 11) is 0. The zero-order valence-electron chi connectivity index (χ0n) is 29.7. The van der Waals surface area contributed by atoms with Gasteiger partial charge in [0.15, 0.2) is 0 Å². The largest absolute Gasteiger partial charge is 0.311 e. The van der Waals surface area contributed by atoms with Crippen molar-refractivity contribution in [3.63, 3.8) is 0 Å². The van der Waals surface area contributed by atoms with Crippen LogP contribution in [0.4, 0.5) is 17.1 Å². The van der Waals surface area contributed by atoms with E-state index in [1.807, 2.05) is 0 Å². The summed E-state index contributed by atoms with van der Waals surface area (Å²) in [6.07, 6.45) is 7.28. The molecule has 1 heteroatoms. The summed E-state index contributed by atoms with van der Waals surface area (Å²) in [4.78, 5) is 2.36. The predicted octanol–water partition coefficient (Wildman–Crippen LogP) is 13.8. The van der Waals surface area contributed by atoms with Crippen molar-refractivity contribution in [2.75, 3.05) is 4.90 Å². The number of benzene rings is 7. The van der Waals surface area contributed by atoms with Gasteiger partial charge in [0.25, 0.3) is 0 Å². The maximum Gasteiger partial charge on any atom is 0.0462 e. The molecule has 1 nitrogen and oxygen atoms in total. The minimum absolute atomic E-state index is 0.0933. The maximum absolute atomic E-state index is 2.52. The Kier molecular flexibility index (Phi) is 8.05. The van der Waals surface area contributed by atoms with E-state index < -0.39 is 0 Å². The quantitative estimate of drug-likeness (QED) is 0.164. The second-order valence-electron chi connectivity index (χ2n) is 14.6. The first kappa shape index (κ1) is 31.8. The normalized spacial score (nSPS) is 16.8. The van der Waals surface area contributed by atoms with Crippen LogP contribution in [-0.2, 0) is 5.41 Å². The highest BCUT2D eigenvalue weighted by Gasteiger charge is 2.44. The zero-order valence-corrected chi connectivity index (χ0v) is 29.7. The van der Waals surface area contributed by atoms with Crippen LogP contribution in [0.2, 0.25) is 0 Å². The Morgan fingerprint density at radius 2 is 0.788 bits per heavy atom. The van der Waals surface area contributed by atoms with Crippen molar-refractivity contribution < 1.29 is 0 Å². The molecule has 0 saturated carbocycles. The third-order valence-corrected chi connectivity index (χ3v) is 11.2. The molecule has 7 aromatic rings. The molecule has 2 aliphatic rings. The van der Waals surface area contributed by atoms with E-state index in [4.69, 9.17) is 0 Å². The SMILES string of the molecule is CC1(C)c2ccccc2C2C=CC(c3ccc(N(c4ccc(-c5ccccc5)cc4)c4ccc(-c5ccc(-c6ccccc6)cc5)cc4)cc3)=CC21. The van der Waals surface area contributed by atoms with Gasteiger partial charge in [0.1, 0.15) is 0 Å². The standard InChI is InChI=1S/C51H41N/c1-51(2)49-16-10-9-15-47(49)48-34-27-43(35-50(48)51)42-25-32-46(33-26-42)52(44-28-21-40(22-29-44)37-13-7-4-8-14-37)45-30-23-41(24-31-45)39-19-17-38(18-20-39)36-11-5-3-6-12-36/h3-35,48,50H,1-2H3. The molecular formula is C51H41N. The van der Waals surface area contributed by atoms with Crippen molar-refractivity contribution in [1.82, 2.24) is 0 Å². The van der Waals surface area contributed by atoms with Crippen LogP contribution in [-0.4, -0.2) is 0 Å². The fourth-order valence-corrected chi connectivity index (χ4v) is 8.35. The maximum atomic E-state index is 2.52. The van der Waals surface area contributed by atoms with Gasteiger partial charge in [0.2, 0.25) is 0 Å². The van der Waals surface area contributed by atoms with Crippen molar-refractivity contribution in [3.05, 3.63) is 217 Å². The molecular weight excluding hydrogens is 627 g/mol. The van der Waals surface area contributed by atoms with Gasteiger partial charge < -0.3 is 4.90 Å². The summed E-state index contributed by atoms with van der Waals surface area (Å²) in [5.74, 6) is 0.880. The van der Waals surface area contributed by atoms with Crippen molar-refractivity contribution in [2.24, 2.45) is 5.92 Å². The van der Waals surface area contributed by atoms with Crippen molar-refractivity contribution in [3.8, 4) is 33.4 Å². The fourth-order valence-electron chi connectivity index (χ4n) is 8.35. The molecule has 0 radical (unpaired) electrons. The number of nitrogens with zero attached hydrogens (tertiary/aromatic N) is 1. The smallest absolute Gasteiger partial charge is 0.0462 e. The van der Waals surface area contributed by atoms with Gasteiger partial charge >= 0.3 is 0 Å². The fraction of sp³-hybridized carbons (Fsp3) is 0.0980. The Morgan fingerprint density at radius 3 is 1.27 bits per heavy atom. The van der Waals surface area contributed by atoms with Crippen LogP contribution in [0.5, 0.6) is 0 Å². The van der Waals surface area contributed by atoms with E-state index in [1.54, 1.807) is 0 Å². The first-order valence-electron chi connectivity index (χ1n) is 18.3. The first-order valence-corrected chi connectivity index (χ1v) is 18.3. The van der Waals surface area contributed by atoms with Gasteiger partial charge in [-0.25, -0.2) is 0 Å². The summed E-state index contributed by atoms with van der Waals surface area (Å²) < 4.78 is 0. The van der Waals surface area contributed by atoms with Crippen LogP contribution in [0.1, 0.15) is 36.5 Å². The van der Waals surface area contributed by atoms with Crippen LogP contribution >= 0.6 is 0 Å². The van der Waals surface area contributed by atoms with E-state index in [0.29, 0.717) is 11.8 Å². The molecule has 0 aliphatic heterocycles. The summed E-state index contributed by atoms with van der Waals surface area (Å²) >= 11 is 0. The molecule has 250 valence electrons. The van der Waals surface area contributed by atoms with Crippen molar-refractivity contribution in [2.45, 2.75) is 25.2 Å². The van der Waals surface area contributed by atoms with E-state index in [-0.39, 0.29) is 5.41 Å². The minimum Gasteiger partial charge on any atom is -0.311 e. The second-order valence-corrected chi connectivity index (χ2v) is 14.6. The highest BCUT2D eigenvalue weighted by atomic mass is 15.1. The number of fused-ring (bicyclic) bond motifs is 3. The van der Waals surface area contributed by atoms with Gasteiger partial charge in [-0.15, -0.1) is 0 Å². The number of anilines is 3. The molecule has 9 rings (SSSR count). The summed E-state index contributed by atoms with van der Waals surface area (Å²) in [6, 6.07) is 66.0. The van der Waals surface area contributed by atoms with E-state index in [1.165, 1.54) is 55.6 Å². The van der Waals surface area contributed by atoms with Crippen LogP contribution in [0, 0.1) is 5.92 Å². The molecule has 0 saturated heterocycles. The number of hydrogen-bond acceptors (Lipinski definition) is 1. The zero-order chi connectivity index (χ0) is 35.1. The molecule has 2 unspecified atom stereocenters. The topological polar surface area (TPSA) is 3.24 Å². The molecule has 0 fully saturated rings.